The maximum Gasteiger partial charge on any atom is 0.314 e. The van der Waals surface area contributed by atoms with Crippen molar-refractivity contribution >= 4 is 45.9 Å². The minimum Gasteiger partial charge on any atom is -0.481 e. The van der Waals surface area contributed by atoms with Crippen LogP contribution in [0.4, 0.5) is 14.6 Å². The Morgan fingerprint density at radius 1 is 1.17 bits per heavy atom. The number of aliphatic carboxylic acids is 1. The first-order valence-electron chi connectivity index (χ1n) is 8.82. The monoisotopic (exact) mass is 437 g/mol. The van der Waals surface area contributed by atoms with Crippen molar-refractivity contribution in [1.29, 1.82) is 0 Å². The van der Waals surface area contributed by atoms with Crippen molar-refractivity contribution in [3.63, 3.8) is 0 Å². The van der Waals surface area contributed by atoms with E-state index in [9.17, 15) is 18.7 Å². The Morgan fingerprint density at radius 2 is 1.97 bits per heavy atom. The topological polar surface area (TPSA) is 66.3 Å². The van der Waals surface area contributed by atoms with E-state index in [1.165, 1.54) is 6.33 Å². The van der Waals surface area contributed by atoms with Crippen LogP contribution in [0.5, 0.6) is 0 Å². The van der Waals surface area contributed by atoms with Gasteiger partial charge in [0.2, 0.25) is 0 Å². The lowest BCUT2D eigenvalue weighted by Gasteiger charge is -2.37. The van der Waals surface area contributed by atoms with Crippen LogP contribution >= 0.6 is 23.2 Å². The maximum atomic E-state index is 14.1. The third kappa shape index (κ3) is 3.60. The number of hydrogen-bond acceptors (Lipinski definition) is 4. The summed E-state index contributed by atoms with van der Waals surface area (Å²) in [5, 5.41) is 10.7. The molecule has 4 rings (SSSR count). The zero-order chi connectivity index (χ0) is 20.8. The fourth-order valence-corrected chi connectivity index (χ4v) is 3.89. The molecule has 1 atom stereocenters. The highest BCUT2D eigenvalue weighted by Gasteiger charge is 2.49. The van der Waals surface area contributed by atoms with Crippen LogP contribution in [-0.2, 0) is 4.79 Å². The fourth-order valence-electron chi connectivity index (χ4n) is 3.59. The van der Waals surface area contributed by atoms with Crippen LogP contribution in [0.2, 0.25) is 10.0 Å². The van der Waals surface area contributed by atoms with Crippen LogP contribution in [0.1, 0.15) is 6.42 Å². The van der Waals surface area contributed by atoms with E-state index in [0.29, 0.717) is 26.8 Å². The van der Waals surface area contributed by atoms with Gasteiger partial charge in [0, 0.05) is 19.5 Å². The number of carboxylic acids is 1. The summed E-state index contributed by atoms with van der Waals surface area (Å²) < 4.78 is 28.2. The molecule has 1 aliphatic rings. The summed E-state index contributed by atoms with van der Waals surface area (Å²) in [6, 6.07) is 10.6. The van der Waals surface area contributed by atoms with E-state index in [1.807, 2.05) is 12.1 Å². The summed E-state index contributed by atoms with van der Waals surface area (Å²) >= 11 is 12.2. The second-order valence-corrected chi connectivity index (χ2v) is 7.69. The smallest absolute Gasteiger partial charge is 0.314 e. The van der Waals surface area contributed by atoms with Gasteiger partial charge in [-0.3, -0.25) is 4.79 Å². The van der Waals surface area contributed by atoms with Gasteiger partial charge in [-0.05, 0) is 29.3 Å². The average molecular weight is 438 g/mol. The molecule has 0 amide bonds. The van der Waals surface area contributed by atoms with Crippen molar-refractivity contribution < 1.29 is 18.7 Å². The molecule has 1 saturated heterocycles. The molecule has 9 heteroatoms. The predicted octanol–water partition coefficient (Wildman–Crippen LogP) is 5.15. The minimum absolute atomic E-state index is 0.0153. The average Bonchev–Trinajstić information content (AvgIpc) is 2.69. The lowest BCUT2D eigenvalue weighted by atomic mass is 9.93. The van der Waals surface area contributed by atoms with Crippen molar-refractivity contribution in [2.45, 2.75) is 12.3 Å². The van der Waals surface area contributed by atoms with Gasteiger partial charge in [0.15, 0.2) is 0 Å². The predicted molar refractivity (Wildman–Crippen MR) is 108 cm³/mol. The number of carboxylic acid groups (broad SMARTS) is 1. The standard InChI is InChI=1S/C20H15Cl2F2N3O2/c21-14-5-4-11(8-15(14)22)12-2-1-3-16-17(12)18(26-10-25-16)27-7-6-20(23,24)13(9-27)19(28)29/h1-5,8,10,13H,6-7,9H2,(H,28,29). The molecule has 1 aromatic heterocycles. The molecule has 1 N–H and O–H groups in total. The number of piperidine rings is 1. The Hall–Kier alpha value is -2.51. The maximum absolute atomic E-state index is 14.1. The number of carbonyl (C=O) groups is 1. The molecule has 5 nitrogen and oxygen atoms in total. The number of alkyl halides is 2. The van der Waals surface area contributed by atoms with Gasteiger partial charge in [-0.15, -0.1) is 0 Å². The van der Waals surface area contributed by atoms with Gasteiger partial charge in [0.25, 0.3) is 5.92 Å². The first kappa shape index (κ1) is 19.8. The van der Waals surface area contributed by atoms with Gasteiger partial charge in [0.1, 0.15) is 18.1 Å². The lowest BCUT2D eigenvalue weighted by Crippen LogP contribution is -2.50. The highest BCUT2D eigenvalue weighted by atomic mass is 35.5. The number of fused-ring (bicyclic) bond motifs is 1. The molecule has 0 bridgehead atoms. The number of anilines is 1. The number of aromatic nitrogens is 2. The van der Waals surface area contributed by atoms with Crippen LogP contribution in [0.25, 0.3) is 22.0 Å². The zero-order valence-corrected chi connectivity index (χ0v) is 16.5. The van der Waals surface area contributed by atoms with Gasteiger partial charge >= 0.3 is 5.97 Å². The lowest BCUT2D eigenvalue weighted by molar-refractivity contribution is -0.158. The van der Waals surface area contributed by atoms with Crippen molar-refractivity contribution in [2.24, 2.45) is 5.92 Å². The summed E-state index contributed by atoms with van der Waals surface area (Å²) in [6.45, 7) is -0.358. The fraction of sp³-hybridized carbons (Fsp3) is 0.250. The van der Waals surface area contributed by atoms with Gasteiger partial charge in [-0.1, -0.05) is 41.4 Å². The Bertz CT molecular complexity index is 1110. The van der Waals surface area contributed by atoms with E-state index in [2.05, 4.69) is 9.97 Å². The van der Waals surface area contributed by atoms with Crippen molar-refractivity contribution in [2.75, 3.05) is 18.0 Å². The van der Waals surface area contributed by atoms with E-state index in [1.54, 1.807) is 29.2 Å². The van der Waals surface area contributed by atoms with E-state index < -0.39 is 24.2 Å². The summed E-state index contributed by atoms with van der Waals surface area (Å²) in [6.07, 6.45) is 0.781. The molecule has 150 valence electrons. The molecule has 0 saturated carbocycles. The Balaban J connectivity index is 1.86. The van der Waals surface area contributed by atoms with Gasteiger partial charge in [0.05, 0.1) is 20.9 Å². The first-order chi connectivity index (χ1) is 13.8. The number of hydrogen-bond donors (Lipinski definition) is 1. The van der Waals surface area contributed by atoms with Crippen molar-refractivity contribution in [3.05, 3.63) is 52.8 Å². The highest BCUT2D eigenvalue weighted by molar-refractivity contribution is 6.42. The van der Waals surface area contributed by atoms with E-state index in [0.717, 1.165) is 11.1 Å². The van der Waals surface area contributed by atoms with Gasteiger partial charge in [-0.2, -0.15) is 0 Å². The minimum atomic E-state index is -3.27. The van der Waals surface area contributed by atoms with Crippen LogP contribution in [0, 0.1) is 5.92 Å². The molecule has 1 fully saturated rings. The van der Waals surface area contributed by atoms with Crippen LogP contribution in [0.3, 0.4) is 0 Å². The third-order valence-corrected chi connectivity index (χ3v) is 5.84. The molecule has 0 aliphatic carbocycles. The van der Waals surface area contributed by atoms with Crippen LogP contribution in [-0.4, -0.2) is 40.1 Å². The zero-order valence-electron chi connectivity index (χ0n) is 14.9. The normalized spacial score (nSPS) is 18.8. The molecule has 0 spiro atoms. The molecule has 2 heterocycles. The van der Waals surface area contributed by atoms with E-state index in [4.69, 9.17) is 23.2 Å². The van der Waals surface area contributed by atoms with Gasteiger partial charge < -0.3 is 10.0 Å². The molecular weight excluding hydrogens is 423 g/mol. The number of rotatable bonds is 3. The molecular formula is C20H15Cl2F2N3O2. The molecule has 0 radical (unpaired) electrons. The summed E-state index contributed by atoms with van der Waals surface area (Å²) in [5.41, 5.74) is 2.13. The summed E-state index contributed by atoms with van der Waals surface area (Å²) in [7, 11) is 0. The van der Waals surface area contributed by atoms with Gasteiger partial charge in [-0.25, -0.2) is 18.7 Å². The summed E-state index contributed by atoms with van der Waals surface area (Å²) in [5.74, 6) is -6.18. The van der Waals surface area contributed by atoms with Crippen LogP contribution < -0.4 is 4.90 Å². The highest BCUT2D eigenvalue weighted by Crippen LogP contribution is 2.40. The molecule has 1 aliphatic heterocycles. The first-order valence-corrected chi connectivity index (χ1v) is 9.58. The number of halogens is 4. The third-order valence-electron chi connectivity index (χ3n) is 5.10. The van der Waals surface area contributed by atoms with Crippen molar-refractivity contribution in [3.8, 4) is 11.1 Å². The Kier molecular flexibility index (Phi) is 5.04. The van der Waals surface area contributed by atoms with Crippen LogP contribution in [0.15, 0.2) is 42.7 Å². The SMILES string of the molecule is O=C(O)C1CN(c2ncnc3cccc(-c4ccc(Cl)c(Cl)c4)c23)CCC1(F)F. The number of nitrogens with zero attached hydrogens (tertiary/aromatic N) is 3. The second-order valence-electron chi connectivity index (χ2n) is 6.87. The Labute approximate surface area is 174 Å². The Morgan fingerprint density at radius 3 is 2.69 bits per heavy atom. The second kappa shape index (κ2) is 7.39. The summed E-state index contributed by atoms with van der Waals surface area (Å²) in [4.78, 5) is 21.6. The molecule has 2 aromatic carbocycles. The largest absolute Gasteiger partial charge is 0.481 e. The molecule has 3 aromatic rings. The quantitative estimate of drug-likeness (QED) is 0.613. The number of benzene rings is 2. The molecule has 1 unspecified atom stereocenters. The van der Waals surface area contributed by atoms with Crippen molar-refractivity contribution in [1.82, 2.24) is 9.97 Å². The van der Waals surface area contributed by atoms with E-state index >= 15 is 0 Å². The van der Waals surface area contributed by atoms with E-state index in [-0.39, 0.29) is 13.1 Å². The molecule has 29 heavy (non-hydrogen) atoms.